The van der Waals surface area contributed by atoms with E-state index < -0.39 is 11.5 Å². The van der Waals surface area contributed by atoms with E-state index in [1.807, 2.05) is 38.1 Å². The molecule has 0 aliphatic heterocycles. The first-order chi connectivity index (χ1) is 10.0. The van der Waals surface area contributed by atoms with Crippen molar-refractivity contribution in [3.05, 3.63) is 29.8 Å². The minimum Gasteiger partial charge on any atom is -0.481 e. The lowest BCUT2D eigenvalue weighted by atomic mass is 9.86. The maximum atomic E-state index is 12.2. The van der Waals surface area contributed by atoms with E-state index in [1.165, 1.54) is 0 Å². The van der Waals surface area contributed by atoms with Crippen LogP contribution >= 0.6 is 0 Å². The zero-order valence-electron chi connectivity index (χ0n) is 14.0. The van der Waals surface area contributed by atoms with Crippen LogP contribution in [0, 0.1) is 0 Å². The molecule has 0 fully saturated rings. The fourth-order valence-corrected chi connectivity index (χ4v) is 2.19. The average Bonchev–Trinajstić information content (AvgIpc) is 2.35. The van der Waals surface area contributed by atoms with Gasteiger partial charge in [0.1, 0.15) is 0 Å². The van der Waals surface area contributed by atoms with Crippen molar-refractivity contribution < 1.29 is 14.7 Å². The van der Waals surface area contributed by atoms with Crippen molar-refractivity contribution in [3.8, 4) is 0 Å². The van der Waals surface area contributed by atoms with Crippen LogP contribution in [0.3, 0.4) is 0 Å². The lowest BCUT2D eigenvalue weighted by molar-refractivity contribution is -0.137. The zero-order valence-corrected chi connectivity index (χ0v) is 14.0. The SMILES string of the molecule is CC(C)(CCC(=O)O)NC(=O)Nc1ccccc1C(C)(C)C. The molecule has 0 aromatic heterocycles. The monoisotopic (exact) mass is 306 g/mol. The van der Waals surface area contributed by atoms with Crippen molar-refractivity contribution in [2.45, 2.75) is 58.4 Å². The Bertz CT molecular complexity index is 545. The normalized spacial score (nSPS) is 11.9. The summed E-state index contributed by atoms with van der Waals surface area (Å²) < 4.78 is 0. The molecule has 0 spiro atoms. The predicted octanol–water partition coefficient (Wildman–Crippen LogP) is 3.75. The Hall–Kier alpha value is -2.04. The van der Waals surface area contributed by atoms with Crippen molar-refractivity contribution in [1.29, 1.82) is 0 Å². The summed E-state index contributed by atoms with van der Waals surface area (Å²) in [6.45, 7) is 9.88. The zero-order chi connectivity index (χ0) is 17.0. The van der Waals surface area contributed by atoms with Crippen LogP contribution in [-0.2, 0) is 10.2 Å². The van der Waals surface area contributed by atoms with Crippen molar-refractivity contribution in [2.24, 2.45) is 0 Å². The van der Waals surface area contributed by atoms with Crippen molar-refractivity contribution >= 4 is 17.7 Å². The summed E-state index contributed by atoms with van der Waals surface area (Å²) in [6.07, 6.45) is 0.391. The highest BCUT2D eigenvalue weighted by molar-refractivity contribution is 5.90. The minimum atomic E-state index is -0.867. The Balaban J connectivity index is 2.76. The lowest BCUT2D eigenvalue weighted by Gasteiger charge is -2.27. The van der Waals surface area contributed by atoms with Gasteiger partial charge in [-0.1, -0.05) is 39.0 Å². The smallest absolute Gasteiger partial charge is 0.319 e. The minimum absolute atomic E-state index is 0.0197. The highest BCUT2D eigenvalue weighted by Gasteiger charge is 2.23. The second-order valence-electron chi connectivity index (χ2n) is 7.15. The molecule has 22 heavy (non-hydrogen) atoms. The Morgan fingerprint density at radius 1 is 1.09 bits per heavy atom. The summed E-state index contributed by atoms with van der Waals surface area (Å²) in [5.74, 6) is -0.867. The van der Waals surface area contributed by atoms with Gasteiger partial charge in [0.2, 0.25) is 0 Å². The Morgan fingerprint density at radius 2 is 1.68 bits per heavy atom. The molecule has 122 valence electrons. The summed E-state index contributed by atoms with van der Waals surface area (Å²) in [4.78, 5) is 22.8. The third kappa shape index (κ3) is 5.76. The molecular formula is C17H26N2O3. The number of carbonyl (C=O) groups is 2. The van der Waals surface area contributed by atoms with E-state index in [9.17, 15) is 9.59 Å². The van der Waals surface area contributed by atoms with Gasteiger partial charge in [0.25, 0.3) is 0 Å². The van der Waals surface area contributed by atoms with Crippen LogP contribution in [0.15, 0.2) is 24.3 Å². The molecule has 1 rings (SSSR count). The first-order valence-corrected chi connectivity index (χ1v) is 7.42. The number of hydrogen-bond donors (Lipinski definition) is 3. The molecule has 0 unspecified atom stereocenters. The molecule has 1 aromatic carbocycles. The maximum Gasteiger partial charge on any atom is 0.319 e. The molecule has 0 aliphatic rings. The molecule has 0 saturated heterocycles. The lowest BCUT2D eigenvalue weighted by Crippen LogP contribution is -2.46. The second-order valence-corrected chi connectivity index (χ2v) is 7.15. The summed E-state index contributed by atoms with van der Waals surface area (Å²) in [6, 6.07) is 7.35. The Labute approximate surface area is 132 Å². The number of aliphatic carboxylic acids is 1. The molecule has 0 aliphatic carbocycles. The van der Waals surface area contributed by atoms with Gasteiger partial charge in [-0.2, -0.15) is 0 Å². The fourth-order valence-electron chi connectivity index (χ4n) is 2.19. The number of benzene rings is 1. The number of hydrogen-bond acceptors (Lipinski definition) is 2. The number of para-hydroxylation sites is 1. The maximum absolute atomic E-state index is 12.2. The Kier molecular flexibility index (Phi) is 5.58. The first kappa shape index (κ1) is 18.0. The van der Waals surface area contributed by atoms with Gasteiger partial charge >= 0.3 is 12.0 Å². The standard InChI is InChI=1S/C17H26N2O3/c1-16(2,3)12-8-6-7-9-13(12)18-15(22)19-17(4,5)11-10-14(20)21/h6-9H,10-11H2,1-5H3,(H,20,21)(H2,18,19,22). The van der Waals surface area contributed by atoms with Gasteiger partial charge < -0.3 is 15.7 Å². The first-order valence-electron chi connectivity index (χ1n) is 7.42. The van der Waals surface area contributed by atoms with E-state index in [0.29, 0.717) is 6.42 Å². The second kappa shape index (κ2) is 6.81. The fraction of sp³-hybridized carbons (Fsp3) is 0.529. The topological polar surface area (TPSA) is 78.4 Å². The highest BCUT2D eigenvalue weighted by Crippen LogP contribution is 2.29. The molecule has 0 heterocycles. The van der Waals surface area contributed by atoms with Crippen LogP contribution in [0.25, 0.3) is 0 Å². The van der Waals surface area contributed by atoms with Crippen molar-refractivity contribution in [1.82, 2.24) is 5.32 Å². The quantitative estimate of drug-likeness (QED) is 0.775. The van der Waals surface area contributed by atoms with Crippen LogP contribution in [-0.4, -0.2) is 22.6 Å². The van der Waals surface area contributed by atoms with E-state index in [-0.39, 0.29) is 17.9 Å². The summed E-state index contributed by atoms with van der Waals surface area (Å²) in [7, 11) is 0. The van der Waals surface area contributed by atoms with E-state index in [1.54, 1.807) is 0 Å². The van der Waals surface area contributed by atoms with Gasteiger partial charge in [-0.15, -0.1) is 0 Å². The molecule has 0 radical (unpaired) electrons. The third-order valence-corrected chi connectivity index (χ3v) is 3.40. The van der Waals surface area contributed by atoms with E-state index in [2.05, 4.69) is 31.4 Å². The van der Waals surface area contributed by atoms with Crippen LogP contribution in [0.1, 0.15) is 53.0 Å². The van der Waals surface area contributed by atoms with Crippen LogP contribution in [0.5, 0.6) is 0 Å². The van der Waals surface area contributed by atoms with Crippen molar-refractivity contribution in [2.75, 3.05) is 5.32 Å². The largest absolute Gasteiger partial charge is 0.481 e. The number of rotatable bonds is 5. The van der Waals surface area contributed by atoms with E-state index in [0.717, 1.165) is 11.3 Å². The van der Waals surface area contributed by atoms with Gasteiger partial charge in [-0.05, 0) is 37.3 Å². The molecular weight excluding hydrogens is 280 g/mol. The number of urea groups is 1. The summed E-state index contributed by atoms with van der Waals surface area (Å²) in [5, 5.41) is 14.4. The van der Waals surface area contributed by atoms with Crippen LogP contribution < -0.4 is 10.6 Å². The van der Waals surface area contributed by atoms with Crippen LogP contribution in [0.4, 0.5) is 10.5 Å². The molecule has 0 bridgehead atoms. The number of nitrogens with one attached hydrogen (secondary N) is 2. The molecule has 2 amide bonds. The summed E-state index contributed by atoms with van der Waals surface area (Å²) in [5.41, 5.74) is 1.15. The van der Waals surface area contributed by atoms with Gasteiger partial charge in [0.15, 0.2) is 0 Å². The molecule has 0 atom stereocenters. The van der Waals surface area contributed by atoms with Gasteiger partial charge in [0, 0.05) is 17.6 Å². The van der Waals surface area contributed by atoms with Gasteiger partial charge in [-0.25, -0.2) is 4.79 Å². The molecule has 5 nitrogen and oxygen atoms in total. The number of amides is 2. The Morgan fingerprint density at radius 3 is 2.23 bits per heavy atom. The number of carboxylic acids is 1. The third-order valence-electron chi connectivity index (χ3n) is 3.40. The van der Waals surface area contributed by atoms with E-state index in [4.69, 9.17) is 5.11 Å². The van der Waals surface area contributed by atoms with E-state index >= 15 is 0 Å². The van der Waals surface area contributed by atoms with Gasteiger partial charge in [-0.3, -0.25) is 4.79 Å². The number of carbonyl (C=O) groups excluding carboxylic acids is 1. The number of carboxylic acid groups (broad SMARTS) is 1. The van der Waals surface area contributed by atoms with Gasteiger partial charge in [0.05, 0.1) is 0 Å². The summed E-state index contributed by atoms with van der Waals surface area (Å²) >= 11 is 0. The predicted molar refractivity (Wildman–Crippen MR) is 88.2 cm³/mol. The number of anilines is 1. The molecule has 0 saturated carbocycles. The van der Waals surface area contributed by atoms with Crippen molar-refractivity contribution in [3.63, 3.8) is 0 Å². The van der Waals surface area contributed by atoms with Crippen LogP contribution in [0.2, 0.25) is 0 Å². The average molecular weight is 306 g/mol. The molecule has 1 aromatic rings. The molecule has 3 N–H and O–H groups in total. The highest BCUT2D eigenvalue weighted by atomic mass is 16.4. The molecule has 5 heteroatoms.